The van der Waals surface area contributed by atoms with E-state index >= 15 is 0 Å². The van der Waals surface area contributed by atoms with Crippen molar-refractivity contribution >= 4 is 52.2 Å². The molecule has 0 spiro atoms. The third kappa shape index (κ3) is 4.07. The minimum Gasteiger partial charge on any atom is -0.368 e. The van der Waals surface area contributed by atoms with Crippen LogP contribution in [0.1, 0.15) is 18.5 Å². The molecule has 170 valence electrons. The van der Waals surface area contributed by atoms with E-state index in [0.717, 1.165) is 24.4 Å². The van der Waals surface area contributed by atoms with Gasteiger partial charge in [0.25, 0.3) is 5.91 Å². The number of allylic oxidation sites excluding steroid dienone is 1. The van der Waals surface area contributed by atoms with Crippen LogP contribution in [0.4, 0.5) is 11.5 Å². The molecule has 9 heteroatoms. The maximum atomic E-state index is 13.8. The fourth-order valence-electron chi connectivity index (χ4n) is 4.47. The van der Waals surface area contributed by atoms with Crippen molar-refractivity contribution in [3.8, 4) is 0 Å². The summed E-state index contributed by atoms with van der Waals surface area (Å²) >= 11 is 18.9. The standard InChI is InChI=1S/C24H22Cl3N5O/c1-15-21(24(33)31-11-9-30(10-12-31)17-5-3-2-4-6-17)22(16-7-8-18(25)19(26)13-16)32-23(29-15)20(27)14-28-32/h2-8,13-14,22,29H,9-12H2,1H3. The van der Waals surface area contributed by atoms with Crippen molar-refractivity contribution in [3.05, 3.63) is 86.6 Å². The van der Waals surface area contributed by atoms with E-state index in [9.17, 15) is 4.79 Å². The second-order valence-electron chi connectivity index (χ2n) is 8.14. The number of carbonyl (C=O) groups is 1. The molecule has 1 fully saturated rings. The molecule has 1 saturated heterocycles. The molecule has 0 saturated carbocycles. The van der Waals surface area contributed by atoms with Gasteiger partial charge in [-0.3, -0.25) is 4.79 Å². The van der Waals surface area contributed by atoms with Gasteiger partial charge in [-0.05, 0) is 36.8 Å². The van der Waals surface area contributed by atoms with Gasteiger partial charge in [-0.2, -0.15) is 5.10 Å². The summed E-state index contributed by atoms with van der Waals surface area (Å²) in [5, 5.41) is 9.10. The van der Waals surface area contributed by atoms with Gasteiger partial charge in [0.2, 0.25) is 0 Å². The summed E-state index contributed by atoms with van der Waals surface area (Å²) in [6.07, 6.45) is 1.58. The van der Waals surface area contributed by atoms with Gasteiger partial charge in [-0.1, -0.05) is 59.1 Å². The van der Waals surface area contributed by atoms with E-state index in [4.69, 9.17) is 34.8 Å². The predicted molar refractivity (Wildman–Crippen MR) is 133 cm³/mol. The Kier molecular flexibility index (Phi) is 5.99. The number of benzene rings is 2. The molecular formula is C24H22Cl3N5O. The number of piperazine rings is 1. The van der Waals surface area contributed by atoms with E-state index in [0.29, 0.717) is 39.5 Å². The number of nitrogens with zero attached hydrogens (tertiary/aromatic N) is 4. The third-order valence-corrected chi connectivity index (χ3v) is 7.17. The molecule has 1 amide bonds. The highest BCUT2D eigenvalue weighted by Gasteiger charge is 2.37. The van der Waals surface area contributed by atoms with Gasteiger partial charge in [0.05, 0.1) is 21.8 Å². The summed E-state index contributed by atoms with van der Waals surface area (Å²) in [6, 6.07) is 15.2. The van der Waals surface area contributed by atoms with Crippen LogP contribution in [0.2, 0.25) is 15.1 Å². The summed E-state index contributed by atoms with van der Waals surface area (Å²) in [6.45, 7) is 4.69. The van der Waals surface area contributed by atoms with Crippen LogP contribution >= 0.6 is 34.8 Å². The second-order valence-corrected chi connectivity index (χ2v) is 9.36. The van der Waals surface area contributed by atoms with Crippen molar-refractivity contribution in [2.24, 2.45) is 0 Å². The Morgan fingerprint density at radius 3 is 2.39 bits per heavy atom. The van der Waals surface area contributed by atoms with E-state index in [-0.39, 0.29) is 5.91 Å². The normalized spacial score (nSPS) is 18.2. The number of aromatic nitrogens is 2. The van der Waals surface area contributed by atoms with Crippen molar-refractivity contribution in [1.29, 1.82) is 0 Å². The van der Waals surface area contributed by atoms with Crippen LogP contribution in [-0.4, -0.2) is 46.8 Å². The summed E-state index contributed by atoms with van der Waals surface area (Å²) in [4.78, 5) is 18.0. The first-order valence-electron chi connectivity index (χ1n) is 10.7. The molecule has 33 heavy (non-hydrogen) atoms. The lowest BCUT2D eigenvalue weighted by molar-refractivity contribution is -0.127. The molecular weight excluding hydrogens is 481 g/mol. The molecule has 1 unspecified atom stereocenters. The second kappa shape index (κ2) is 8.93. The number of halogens is 3. The molecule has 0 radical (unpaired) electrons. The Bertz CT molecular complexity index is 1230. The zero-order valence-electron chi connectivity index (χ0n) is 17.9. The smallest absolute Gasteiger partial charge is 0.254 e. The maximum absolute atomic E-state index is 13.8. The van der Waals surface area contributed by atoms with Gasteiger partial charge in [0, 0.05) is 37.6 Å². The van der Waals surface area contributed by atoms with Crippen molar-refractivity contribution in [1.82, 2.24) is 14.7 Å². The number of anilines is 2. The summed E-state index contributed by atoms with van der Waals surface area (Å²) in [5.74, 6) is 0.622. The van der Waals surface area contributed by atoms with Crippen LogP contribution in [-0.2, 0) is 4.79 Å². The first-order valence-corrected chi connectivity index (χ1v) is 11.8. The van der Waals surface area contributed by atoms with Gasteiger partial charge in [0.1, 0.15) is 16.9 Å². The average Bonchev–Trinajstić information content (AvgIpc) is 3.20. The first kappa shape index (κ1) is 22.1. The Balaban J connectivity index is 1.46. The van der Waals surface area contributed by atoms with E-state index in [1.54, 1.807) is 23.0 Å². The Labute approximate surface area is 207 Å². The fourth-order valence-corrected chi connectivity index (χ4v) is 4.95. The number of nitrogens with one attached hydrogen (secondary N) is 1. The van der Waals surface area contributed by atoms with Crippen LogP contribution in [0.5, 0.6) is 0 Å². The lowest BCUT2D eigenvalue weighted by Gasteiger charge is -2.38. The van der Waals surface area contributed by atoms with Gasteiger partial charge in [-0.25, -0.2) is 4.68 Å². The van der Waals surface area contributed by atoms with Gasteiger partial charge < -0.3 is 15.1 Å². The van der Waals surface area contributed by atoms with Gasteiger partial charge in [0.15, 0.2) is 0 Å². The highest BCUT2D eigenvalue weighted by atomic mass is 35.5. The molecule has 1 N–H and O–H groups in total. The van der Waals surface area contributed by atoms with Crippen molar-refractivity contribution in [2.75, 3.05) is 36.4 Å². The molecule has 2 aliphatic rings. The highest BCUT2D eigenvalue weighted by Crippen LogP contribution is 2.40. The largest absolute Gasteiger partial charge is 0.368 e. The topological polar surface area (TPSA) is 53.4 Å². The number of para-hydroxylation sites is 1. The molecule has 5 rings (SSSR count). The number of hydrogen-bond acceptors (Lipinski definition) is 4. The highest BCUT2D eigenvalue weighted by molar-refractivity contribution is 6.42. The van der Waals surface area contributed by atoms with Crippen LogP contribution in [0.15, 0.2) is 66.0 Å². The Hall–Kier alpha value is -2.67. The fraction of sp³-hybridized carbons (Fsp3) is 0.250. The molecule has 0 bridgehead atoms. The van der Waals surface area contributed by atoms with Crippen LogP contribution in [0.3, 0.4) is 0 Å². The molecule has 2 aliphatic heterocycles. The van der Waals surface area contributed by atoms with Crippen LogP contribution in [0, 0.1) is 0 Å². The van der Waals surface area contributed by atoms with E-state index in [1.165, 1.54) is 5.69 Å². The number of rotatable bonds is 3. The molecule has 3 heterocycles. The molecule has 2 aromatic carbocycles. The monoisotopic (exact) mass is 501 g/mol. The van der Waals surface area contributed by atoms with Crippen molar-refractivity contribution in [3.63, 3.8) is 0 Å². The molecule has 6 nitrogen and oxygen atoms in total. The minimum absolute atomic E-state index is 0.0268. The minimum atomic E-state index is -0.469. The first-order chi connectivity index (χ1) is 15.9. The van der Waals surface area contributed by atoms with Crippen molar-refractivity contribution in [2.45, 2.75) is 13.0 Å². The van der Waals surface area contributed by atoms with E-state index < -0.39 is 6.04 Å². The number of fused-ring (bicyclic) bond motifs is 1. The van der Waals surface area contributed by atoms with Gasteiger partial charge in [-0.15, -0.1) is 0 Å². The molecule has 1 aromatic heterocycles. The molecule has 1 atom stereocenters. The Morgan fingerprint density at radius 1 is 0.970 bits per heavy atom. The summed E-state index contributed by atoms with van der Waals surface area (Å²) in [5.41, 5.74) is 3.35. The molecule has 3 aromatic rings. The lowest BCUT2D eigenvalue weighted by atomic mass is 9.94. The zero-order valence-corrected chi connectivity index (χ0v) is 20.2. The predicted octanol–water partition coefficient (Wildman–Crippen LogP) is 5.48. The van der Waals surface area contributed by atoms with Crippen LogP contribution < -0.4 is 10.2 Å². The Morgan fingerprint density at radius 2 is 1.70 bits per heavy atom. The molecule has 0 aliphatic carbocycles. The SMILES string of the molecule is CC1=C(C(=O)N2CCN(c3ccccc3)CC2)C(c2ccc(Cl)c(Cl)c2)n2ncc(Cl)c2N1. The number of amides is 1. The third-order valence-electron chi connectivity index (χ3n) is 6.16. The van der Waals surface area contributed by atoms with Gasteiger partial charge >= 0.3 is 0 Å². The maximum Gasteiger partial charge on any atom is 0.254 e. The van der Waals surface area contributed by atoms with E-state index in [1.807, 2.05) is 36.1 Å². The zero-order chi connectivity index (χ0) is 23.1. The lowest BCUT2D eigenvalue weighted by Crippen LogP contribution is -2.50. The summed E-state index contributed by atoms with van der Waals surface area (Å²) in [7, 11) is 0. The summed E-state index contributed by atoms with van der Waals surface area (Å²) < 4.78 is 1.74. The average molecular weight is 503 g/mol. The number of carbonyl (C=O) groups excluding carboxylic acids is 1. The quantitative estimate of drug-likeness (QED) is 0.515. The van der Waals surface area contributed by atoms with Crippen molar-refractivity contribution < 1.29 is 4.79 Å². The van der Waals surface area contributed by atoms with E-state index in [2.05, 4.69) is 27.4 Å². The number of hydrogen-bond donors (Lipinski definition) is 1. The van der Waals surface area contributed by atoms with Crippen LogP contribution in [0.25, 0.3) is 0 Å².